The second kappa shape index (κ2) is 7.09. The van der Waals surface area contributed by atoms with E-state index in [1.165, 1.54) is 0 Å². The van der Waals surface area contributed by atoms with Gasteiger partial charge in [0.15, 0.2) is 0 Å². The predicted octanol–water partition coefficient (Wildman–Crippen LogP) is 3.01. The third-order valence-electron chi connectivity index (χ3n) is 2.72. The lowest BCUT2D eigenvalue weighted by Crippen LogP contribution is -2.34. The maximum Gasteiger partial charge on any atom is 0.134 e. The van der Waals surface area contributed by atoms with Crippen LogP contribution in [0.3, 0.4) is 0 Å². The molecule has 0 saturated carbocycles. The molecule has 0 radical (unpaired) electrons. The number of nitrogens with one attached hydrogen (secondary N) is 1. The van der Waals surface area contributed by atoms with Crippen molar-refractivity contribution < 1.29 is 9.47 Å². The average molecular weight is 323 g/mol. The van der Waals surface area contributed by atoms with Crippen molar-refractivity contribution in [2.45, 2.75) is 18.9 Å². The Labute approximate surface area is 116 Å². The zero-order valence-electron chi connectivity index (χ0n) is 9.74. The van der Waals surface area contributed by atoms with E-state index in [2.05, 4.69) is 21.2 Å². The van der Waals surface area contributed by atoms with E-state index < -0.39 is 0 Å². The summed E-state index contributed by atoms with van der Waals surface area (Å²) in [6.45, 7) is 2.08. The van der Waals surface area contributed by atoms with Crippen LogP contribution in [0, 0.1) is 0 Å². The molecule has 1 fully saturated rings. The molecule has 5 heteroatoms. The zero-order valence-corrected chi connectivity index (χ0v) is 12.1. The Morgan fingerprint density at radius 1 is 1.29 bits per heavy atom. The van der Waals surface area contributed by atoms with Gasteiger partial charge in [0.2, 0.25) is 0 Å². The van der Waals surface area contributed by atoms with Crippen molar-refractivity contribution in [2.24, 2.45) is 0 Å². The first-order chi connectivity index (χ1) is 7.79. The van der Waals surface area contributed by atoms with Gasteiger partial charge in [-0.1, -0.05) is 0 Å². The monoisotopic (exact) mass is 321 g/mol. The van der Waals surface area contributed by atoms with Gasteiger partial charge in [-0.25, -0.2) is 0 Å². The molecule has 96 valence electrons. The van der Waals surface area contributed by atoms with Gasteiger partial charge < -0.3 is 14.8 Å². The number of methoxy groups -OCH3 is 1. The van der Waals surface area contributed by atoms with Gasteiger partial charge in [-0.15, -0.1) is 12.4 Å². The van der Waals surface area contributed by atoms with Gasteiger partial charge in [0, 0.05) is 0 Å². The fraction of sp³-hybridized carbons (Fsp3) is 0.500. The molecule has 0 spiro atoms. The SMILES string of the molecule is COc1ccc(OC2CCNCC2)c(Br)c1.Cl. The first-order valence-electron chi connectivity index (χ1n) is 5.50. The number of piperidine rings is 1. The van der Waals surface area contributed by atoms with Gasteiger partial charge in [-0.2, -0.15) is 0 Å². The van der Waals surface area contributed by atoms with Crippen LogP contribution < -0.4 is 14.8 Å². The van der Waals surface area contributed by atoms with Crippen LogP contribution in [0.4, 0.5) is 0 Å². The molecule has 2 rings (SSSR count). The van der Waals surface area contributed by atoms with Crippen LogP contribution >= 0.6 is 28.3 Å². The van der Waals surface area contributed by atoms with E-state index in [0.717, 1.165) is 41.9 Å². The highest BCUT2D eigenvalue weighted by molar-refractivity contribution is 9.10. The minimum absolute atomic E-state index is 0. The highest BCUT2D eigenvalue weighted by atomic mass is 79.9. The molecule has 1 saturated heterocycles. The lowest BCUT2D eigenvalue weighted by molar-refractivity contribution is 0.161. The summed E-state index contributed by atoms with van der Waals surface area (Å²) in [6.07, 6.45) is 2.46. The third kappa shape index (κ3) is 4.05. The number of rotatable bonds is 3. The second-order valence-electron chi connectivity index (χ2n) is 3.86. The van der Waals surface area contributed by atoms with E-state index in [9.17, 15) is 0 Å². The third-order valence-corrected chi connectivity index (χ3v) is 3.34. The molecule has 0 amide bonds. The lowest BCUT2D eigenvalue weighted by Gasteiger charge is -2.24. The topological polar surface area (TPSA) is 30.5 Å². The van der Waals surface area contributed by atoms with E-state index in [-0.39, 0.29) is 12.4 Å². The summed E-state index contributed by atoms with van der Waals surface area (Å²) < 4.78 is 12.0. The molecule has 0 aromatic heterocycles. The summed E-state index contributed by atoms with van der Waals surface area (Å²) in [5.41, 5.74) is 0. The summed E-state index contributed by atoms with van der Waals surface area (Å²) in [5.74, 6) is 1.73. The van der Waals surface area contributed by atoms with E-state index in [4.69, 9.17) is 9.47 Å². The van der Waals surface area contributed by atoms with Gasteiger partial charge in [-0.05, 0) is 60.1 Å². The molecule has 0 atom stereocenters. The van der Waals surface area contributed by atoms with Crippen LogP contribution in [-0.2, 0) is 0 Å². The first-order valence-corrected chi connectivity index (χ1v) is 6.30. The molecule has 0 aliphatic carbocycles. The number of halogens is 2. The minimum Gasteiger partial charge on any atom is -0.497 e. The summed E-state index contributed by atoms with van der Waals surface area (Å²) in [7, 11) is 1.66. The van der Waals surface area contributed by atoms with Gasteiger partial charge in [-0.3, -0.25) is 0 Å². The van der Waals surface area contributed by atoms with Crippen molar-refractivity contribution in [3.8, 4) is 11.5 Å². The second-order valence-corrected chi connectivity index (χ2v) is 4.72. The van der Waals surface area contributed by atoms with Gasteiger partial charge >= 0.3 is 0 Å². The van der Waals surface area contributed by atoms with Gasteiger partial charge in [0.05, 0.1) is 11.6 Å². The highest BCUT2D eigenvalue weighted by Crippen LogP contribution is 2.30. The van der Waals surface area contributed by atoms with E-state index in [0.29, 0.717) is 6.10 Å². The average Bonchev–Trinajstić information content (AvgIpc) is 2.33. The molecule has 1 heterocycles. The van der Waals surface area contributed by atoms with Crippen molar-refractivity contribution in [3.63, 3.8) is 0 Å². The molecule has 1 aliphatic rings. The van der Waals surface area contributed by atoms with Crippen molar-refractivity contribution in [2.75, 3.05) is 20.2 Å². The molecule has 1 aliphatic heterocycles. The number of benzene rings is 1. The van der Waals surface area contributed by atoms with E-state index in [1.807, 2.05) is 18.2 Å². The number of ether oxygens (including phenoxy) is 2. The Kier molecular flexibility index (Phi) is 6.09. The largest absolute Gasteiger partial charge is 0.497 e. The fourth-order valence-electron chi connectivity index (χ4n) is 1.80. The van der Waals surface area contributed by atoms with Crippen LogP contribution in [0.2, 0.25) is 0 Å². The van der Waals surface area contributed by atoms with Crippen molar-refractivity contribution in [3.05, 3.63) is 22.7 Å². The number of hydrogen-bond donors (Lipinski definition) is 1. The Hall–Kier alpha value is -0.450. The first kappa shape index (κ1) is 14.6. The van der Waals surface area contributed by atoms with E-state index in [1.54, 1.807) is 7.11 Å². The molecule has 3 nitrogen and oxygen atoms in total. The molecule has 1 aromatic rings. The molecule has 1 aromatic carbocycles. The molecular formula is C12H17BrClNO2. The highest BCUT2D eigenvalue weighted by Gasteiger charge is 2.15. The summed E-state index contributed by atoms with van der Waals surface area (Å²) in [4.78, 5) is 0. The Morgan fingerprint density at radius 3 is 2.59 bits per heavy atom. The maximum absolute atomic E-state index is 5.94. The molecular weight excluding hydrogens is 305 g/mol. The van der Waals surface area contributed by atoms with Crippen molar-refractivity contribution in [1.82, 2.24) is 5.32 Å². The smallest absolute Gasteiger partial charge is 0.134 e. The zero-order chi connectivity index (χ0) is 11.4. The Morgan fingerprint density at radius 2 is 2.00 bits per heavy atom. The lowest BCUT2D eigenvalue weighted by atomic mass is 10.1. The Balaban J connectivity index is 0.00000144. The summed E-state index contributed by atoms with van der Waals surface area (Å²) in [6, 6.07) is 5.79. The van der Waals surface area contributed by atoms with Crippen molar-refractivity contribution >= 4 is 28.3 Å². The fourth-order valence-corrected chi connectivity index (χ4v) is 2.25. The van der Waals surface area contributed by atoms with E-state index >= 15 is 0 Å². The van der Waals surface area contributed by atoms with Crippen molar-refractivity contribution in [1.29, 1.82) is 0 Å². The van der Waals surface area contributed by atoms with Crippen LogP contribution in [0.25, 0.3) is 0 Å². The predicted molar refractivity (Wildman–Crippen MR) is 74.5 cm³/mol. The van der Waals surface area contributed by atoms with Crippen LogP contribution in [-0.4, -0.2) is 26.3 Å². The summed E-state index contributed by atoms with van der Waals surface area (Å²) in [5, 5.41) is 3.32. The standard InChI is InChI=1S/C12H16BrNO2.ClH/c1-15-10-2-3-12(11(13)8-10)16-9-4-6-14-7-5-9;/h2-3,8-9,14H,4-7H2,1H3;1H. The van der Waals surface area contributed by atoms with Crippen LogP contribution in [0.5, 0.6) is 11.5 Å². The Bertz CT molecular complexity index is 356. The van der Waals surface area contributed by atoms with Gasteiger partial charge in [0.25, 0.3) is 0 Å². The maximum atomic E-state index is 5.94. The molecule has 0 bridgehead atoms. The van der Waals surface area contributed by atoms with Gasteiger partial charge in [0.1, 0.15) is 17.6 Å². The number of hydrogen-bond acceptors (Lipinski definition) is 3. The van der Waals surface area contributed by atoms with Crippen LogP contribution in [0.15, 0.2) is 22.7 Å². The quantitative estimate of drug-likeness (QED) is 0.928. The molecule has 0 unspecified atom stereocenters. The molecule has 17 heavy (non-hydrogen) atoms. The molecule has 1 N–H and O–H groups in total. The summed E-state index contributed by atoms with van der Waals surface area (Å²) >= 11 is 3.49. The van der Waals surface area contributed by atoms with Crippen LogP contribution in [0.1, 0.15) is 12.8 Å². The minimum atomic E-state index is 0. The normalized spacial score (nSPS) is 16.1.